The van der Waals surface area contributed by atoms with Crippen LogP contribution in [0.1, 0.15) is 53.4 Å². The molecule has 4 aliphatic rings. The molecule has 7 rings (SSSR count). The molecule has 44 heavy (non-hydrogen) atoms. The number of benzene rings is 1. The van der Waals surface area contributed by atoms with Gasteiger partial charge in [-0.3, -0.25) is 23.7 Å². The molecule has 1 aliphatic carbocycles. The van der Waals surface area contributed by atoms with E-state index >= 15 is 0 Å². The fourth-order valence-corrected chi connectivity index (χ4v) is 5.84. The highest BCUT2D eigenvalue weighted by molar-refractivity contribution is 6.35. The highest BCUT2D eigenvalue weighted by atomic mass is 19.1. The summed E-state index contributed by atoms with van der Waals surface area (Å²) in [6, 6.07) is 5.54. The molecule has 4 N–H and O–H groups in total. The first-order valence-corrected chi connectivity index (χ1v) is 14.7. The number of carbonyl (C=O) groups excluding carboxylic acids is 3. The molecule has 1 saturated carbocycles. The molecule has 1 aromatic carbocycles. The maximum absolute atomic E-state index is 13.2. The molecule has 2 fully saturated rings. The molecule has 0 spiro atoms. The van der Waals surface area contributed by atoms with E-state index in [0.29, 0.717) is 64.0 Å². The average molecular weight is 609 g/mol. The number of halogens is 1. The van der Waals surface area contributed by atoms with Gasteiger partial charge in [0.05, 0.1) is 5.54 Å². The zero-order valence-corrected chi connectivity index (χ0v) is 24.8. The van der Waals surface area contributed by atoms with E-state index in [-0.39, 0.29) is 18.3 Å². The van der Waals surface area contributed by atoms with Crippen molar-refractivity contribution >= 4 is 17.7 Å². The number of nitrogens with one attached hydrogen (secondary N) is 3. The van der Waals surface area contributed by atoms with Gasteiger partial charge in [0.2, 0.25) is 5.75 Å². The smallest absolute Gasteiger partial charge is 0.311 e. The summed E-state index contributed by atoms with van der Waals surface area (Å²) in [6.07, 6.45) is 6.00. The number of piperazine rings is 1. The lowest BCUT2D eigenvalue weighted by Crippen LogP contribution is -2.56. The lowest BCUT2D eigenvalue weighted by Gasteiger charge is -2.37. The van der Waals surface area contributed by atoms with Gasteiger partial charge in [-0.05, 0) is 56.2 Å². The van der Waals surface area contributed by atoms with Crippen molar-refractivity contribution in [1.29, 1.82) is 0 Å². The van der Waals surface area contributed by atoms with Crippen LogP contribution in [0, 0.1) is 18.7 Å². The van der Waals surface area contributed by atoms with Crippen molar-refractivity contribution in [2.75, 3.05) is 26.2 Å². The van der Waals surface area contributed by atoms with E-state index in [2.05, 4.69) is 25.9 Å². The Balaban J connectivity index is 0.000000484. The Hall–Kier alpha value is -4.59. The Morgan fingerprint density at radius 2 is 1.82 bits per heavy atom. The van der Waals surface area contributed by atoms with E-state index in [1.807, 2.05) is 24.7 Å². The van der Waals surface area contributed by atoms with Gasteiger partial charge in [-0.2, -0.15) is 0 Å². The second kappa shape index (κ2) is 13.0. The van der Waals surface area contributed by atoms with Crippen LogP contribution in [0.3, 0.4) is 0 Å². The van der Waals surface area contributed by atoms with E-state index in [4.69, 9.17) is 0 Å². The quantitative estimate of drug-likeness (QED) is 0.315. The Morgan fingerprint density at radius 1 is 1.14 bits per heavy atom. The van der Waals surface area contributed by atoms with Crippen molar-refractivity contribution in [2.24, 2.45) is 13.0 Å². The third-order valence-electron chi connectivity index (χ3n) is 8.57. The topological polar surface area (TPSA) is 163 Å². The molecule has 0 atom stereocenters. The number of hydrogen-bond donors (Lipinski definition) is 4. The minimum Gasteiger partial charge on any atom is -0.501 e. The maximum Gasteiger partial charge on any atom is 0.311 e. The van der Waals surface area contributed by atoms with E-state index < -0.39 is 46.1 Å². The molecule has 14 heteroatoms. The van der Waals surface area contributed by atoms with Crippen molar-refractivity contribution in [2.45, 2.75) is 51.2 Å². The summed E-state index contributed by atoms with van der Waals surface area (Å²) in [5, 5.41) is 19.2. The van der Waals surface area contributed by atoms with Crippen molar-refractivity contribution in [1.82, 2.24) is 40.0 Å². The number of aromatic hydroxyl groups is 1. The highest BCUT2D eigenvalue weighted by Gasteiger charge is 2.47. The van der Waals surface area contributed by atoms with Gasteiger partial charge in [0.15, 0.2) is 5.69 Å². The van der Waals surface area contributed by atoms with Crippen LogP contribution in [-0.2, 0) is 35.3 Å². The zero-order valence-electron chi connectivity index (χ0n) is 24.8. The molecule has 3 aromatic rings. The first kappa shape index (κ1) is 30.9. The van der Waals surface area contributed by atoms with Gasteiger partial charge in [0, 0.05) is 58.7 Å². The second-order valence-corrected chi connectivity index (χ2v) is 11.5. The van der Waals surface area contributed by atoms with E-state index in [1.165, 1.54) is 33.7 Å². The second-order valence-electron chi connectivity index (χ2n) is 11.5. The van der Waals surface area contributed by atoms with E-state index in [9.17, 15) is 28.7 Å². The number of aromatic nitrogens is 4. The molecule has 2 bridgehead atoms. The van der Waals surface area contributed by atoms with Gasteiger partial charge < -0.3 is 30.5 Å². The lowest BCUT2D eigenvalue weighted by molar-refractivity contribution is -0.147. The zero-order chi connectivity index (χ0) is 31.4. The number of imidazole rings is 1. The molecule has 0 radical (unpaired) electrons. The normalized spacial score (nSPS) is 20.5. The number of hydrogen-bond acceptors (Lipinski definition) is 8. The predicted molar refractivity (Wildman–Crippen MR) is 157 cm³/mol. The minimum atomic E-state index is -1.12. The predicted octanol–water partition coefficient (Wildman–Crippen LogP) is 0.694. The number of carbonyl (C=O) groups is 3. The summed E-state index contributed by atoms with van der Waals surface area (Å²) in [7, 11) is 1.97. The number of fused-ring (bicyclic) bond motifs is 2. The number of aryl methyl sites for hydroxylation is 2. The lowest BCUT2D eigenvalue weighted by atomic mass is 9.77. The van der Waals surface area contributed by atoms with Crippen molar-refractivity contribution < 1.29 is 23.9 Å². The standard InChI is InChI=1S/C25H29FN6O5.C5H8N2/c26-17-3-1-15(2-4-17)13-28-20(34)18-19(33)22(36)32-14-16-5-7-25(8-6-16,24(32)29-18)30-21(35)23(37)31-11-9-27-10-12-31;1-5-6-3-4-7(5)2/h1-4,16,27,33H,5-14H2,(H,28,34)(H,30,35);3-4H,1-2H3. The minimum absolute atomic E-state index is 0.0296. The summed E-state index contributed by atoms with van der Waals surface area (Å²) in [5.74, 6) is -2.02. The van der Waals surface area contributed by atoms with E-state index in [0.717, 1.165) is 5.82 Å². The van der Waals surface area contributed by atoms with Crippen LogP contribution < -0.4 is 21.5 Å². The first-order chi connectivity index (χ1) is 21.1. The summed E-state index contributed by atoms with van der Waals surface area (Å²) >= 11 is 0. The van der Waals surface area contributed by atoms with E-state index in [1.54, 1.807) is 6.20 Å². The molecule has 3 amide bonds. The van der Waals surface area contributed by atoms with Gasteiger partial charge in [0.1, 0.15) is 17.5 Å². The Labute approximate surface area is 253 Å². The van der Waals surface area contributed by atoms with Crippen LogP contribution >= 0.6 is 0 Å². The van der Waals surface area contributed by atoms with Crippen LogP contribution in [0.2, 0.25) is 0 Å². The Kier molecular flexibility index (Phi) is 9.09. The molecule has 0 unspecified atom stereocenters. The fourth-order valence-electron chi connectivity index (χ4n) is 5.84. The third-order valence-corrected chi connectivity index (χ3v) is 8.57. The summed E-state index contributed by atoms with van der Waals surface area (Å²) in [6.45, 7) is 4.34. The van der Waals surface area contributed by atoms with Crippen LogP contribution in [0.25, 0.3) is 0 Å². The SMILES string of the molecule is Cc1nccn1C.O=C(NC12CCC(CC1)Cn1c2nc(C(=O)NCc2ccc(F)cc2)c(O)c1=O)C(=O)N1CCNCC1. The third kappa shape index (κ3) is 6.49. The summed E-state index contributed by atoms with van der Waals surface area (Å²) < 4.78 is 16.5. The van der Waals surface area contributed by atoms with Crippen LogP contribution in [0.4, 0.5) is 4.39 Å². The van der Waals surface area contributed by atoms with Gasteiger partial charge in [-0.25, -0.2) is 14.4 Å². The van der Waals surface area contributed by atoms with Crippen molar-refractivity contribution in [3.8, 4) is 5.75 Å². The molecule has 3 aliphatic heterocycles. The highest BCUT2D eigenvalue weighted by Crippen LogP contribution is 2.43. The van der Waals surface area contributed by atoms with Crippen molar-refractivity contribution in [3.05, 3.63) is 75.7 Å². The largest absolute Gasteiger partial charge is 0.501 e. The van der Waals surface area contributed by atoms with Gasteiger partial charge in [0.25, 0.3) is 11.5 Å². The van der Waals surface area contributed by atoms with Gasteiger partial charge in [-0.1, -0.05) is 12.1 Å². The van der Waals surface area contributed by atoms with Crippen LogP contribution in [0.15, 0.2) is 41.5 Å². The summed E-state index contributed by atoms with van der Waals surface area (Å²) in [4.78, 5) is 62.0. The molecular weight excluding hydrogens is 571 g/mol. The summed E-state index contributed by atoms with van der Waals surface area (Å²) in [5.41, 5.74) is -1.72. The fraction of sp³-hybridized carbons (Fsp3) is 0.467. The van der Waals surface area contributed by atoms with Gasteiger partial charge in [-0.15, -0.1) is 0 Å². The monoisotopic (exact) mass is 608 g/mol. The first-order valence-electron chi connectivity index (χ1n) is 14.7. The number of amides is 3. The maximum atomic E-state index is 13.2. The molecule has 1 saturated heterocycles. The van der Waals surface area contributed by atoms with Gasteiger partial charge >= 0.3 is 11.8 Å². The average Bonchev–Trinajstić information content (AvgIpc) is 3.25. The number of rotatable bonds is 4. The number of nitrogens with zero attached hydrogens (tertiary/aromatic N) is 5. The molecule has 13 nitrogen and oxygen atoms in total. The Morgan fingerprint density at radius 3 is 2.41 bits per heavy atom. The Bertz CT molecular complexity index is 1570. The van der Waals surface area contributed by atoms with Crippen molar-refractivity contribution in [3.63, 3.8) is 0 Å². The molecule has 2 aromatic heterocycles. The van der Waals surface area contributed by atoms with Crippen LogP contribution in [-0.4, -0.2) is 73.0 Å². The molecule has 5 heterocycles. The molecule has 234 valence electrons. The molecular formula is C30H37FN8O5. The van der Waals surface area contributed by atoms with Crippen LogP contribution in [0.5, 0.6) is 5.75 Å².